The third kappa shape index (κ3) is 8.73. The molecule has 3 aromatic rings. The average molecular weight is 515 g/mol. The van der Waals surface area contributed by atoms with Crippen molar-refractivity contribution in [3.8, 4) is 5.75 Å². The molecule has 1 saturated heterocycles. The number of aliphatic hydroxyl groups excluding tert-OH is 1. The van der Waals surface area contributed by atoms with Crippen molar-refractivity contribution in [2.24, 2.45) is 5.92 Å². The van der Waals surface area contributed by atoms with Gasteiger partial charge < -0.3 is 20.1 Å². The summed E-state index contributed by atoms with van der Waals surface area (Å²) in [5.41, 5.74) is 3.32. The number of hydrogen-bond acceptors (Lipinski definition) is 4. The van der Waals surface area contributed by atoms with Gasteiger partial charge in [-0.25, -0.2) is 0 Å². The SMILES string of the molecule is O=C(CC1CCN(C(=O)CCc2ccccc2)CC1)N[C@H](CO)Cc1ccc(OCc2ccccc2)cc1. The maximum absolute atomic E-state index is 12.7. The first-order chi connectivity index (χ1) is 18.6. The Balaban J connectivity index is 1.15. The van der Waals surface area contributed by atoms with Crippen LogP contribution in [0.4, 0.5) is 0 Å². The number of likely N-dealkylation sites (tertiary alicyclic amines) is 1. The van der Waals surface area contributed by atoms with Crippen molar-refractivity contribution >= 4 is 11.8 Å². The minimum atomic E-state index is -0.335. The number of benzene rings is 3. The van der Waals surface area contributed by atoms with Gasteiger partial charge in [-0.2, -0.15) is 0 Å². The van der Waals surface area contributed by atoms with Crippen molar-refractivity contribution in [2.75, 3.05) is 19.7 Å². The van der Waals surface area contributed by atoms with E-state index in [2.05, 4.69) is 17.4 Å². The molecule has 1 fully saturated rings. The monoisotopic (exact) mass is 514 g/mol. The van der Waals surface area contributed by atoms with Gasteiger partial charge in [-0.3, -0.25) is 9.59 Å². The van der Waals surface area contributed by atoms with Gasteiger partial charge >= 0.3 is 0 Å². The second-order valence-corrected chi connectivity index (χ2v) is 10.1. The molecule has 4 rings (SSSR count). The number of aliphatic hydroxyl groups is 1. The lowest BCUT2D eigenvalue weighted by atomic mass is 9.92. The first-order valence-electron chi connectivity index (χ1n) is 13.6. The van der Waals surface area contributed by atoms with E-state index in [1.807, 2.05) is 77.7 Å². The van der Waals surface area contributed by atoms with Crippen LogP contribution >= 0.6 is 0 Å². The summed E-state index contributed by atoms with van der Waals surface area (Å²) in [6, 6.07) is 27.5. The molecule has 200 valence electrons. The number of rotatable bonds is 12. The van der Waals surface area contributed by atoms with Crippen molar-refractivity contribution in [1.29, 1.82) is 0 Å². The van der Waals surface area contributed by atoms with Gasteiger partial charge in [0, 0.05) is 25.9 Å². The lowest BCUT2D eigenvalue weighted by molar-refractivity contribution is -0.132. The normalized spacial score (nSPS) is 14.6. The van der Waals surface area contributed by atoms with Crippen LogP contribution in [0.3, 0.4) is 0 Å². The fraction of sp³-hybridized carbons (Fsp3) is 0.375. The number of nitrogens with one attached hydrogen (secondary N) is 1. The van der Waals surface area contributed by atoms with Gasteiger partial charge in [0.2, 0.25) is 11.8 Å². The lowest BCUT2D eigenvalue weighted by Gasteiger charge is -2.32. The van der Waals surface area contributed by atoms with E-state index in [9.17, 15) is 14.7 Å². The Morgan fingerprint density at radius 2 is 1.50 bits per heavy atom. The second kappa shape index (κ2) is 14.3. The van der Waals surface area contributed by atoms with E-state index in [0.29, 0.717) is 39.0 Å². The van der Waals surface area contributed by atoms with Crippen LogP contribution in [-0.2, 0) is 29.0 Å². The Morgan fingerprint density at radius 1 is 0.868 bits per heavy atom. The Kier molecular flexibility index (Phi) is 10.3. The van der Waals surface area contributed by atoms with Crippen LogP contribution in [0.1, 0.15) is 42.4 Å². The highest BCUT2D eigenvalue weighted by molar-refractivity contribution is 5.77. The van der Waals surface area contributed by atoms with Gasteiger partial charge in [-0.1, -0.05) is 72.8 Å². The zero-order valence-electron chi connectivity index (χ0n) is 21.9. The molecule has 0 aliphatic carbocycles. The fourth-order valence-corrected chi connectivity index (χ4v) is 4.90. The number of amides is 2. The van der Waals surface area contributed by atoms with Gasteiger partial charge in [0.25, 0.3) is 0 Å². The van der Waals surface area contributed by atoms with E-state index in [1.165, 1.54) is 5.56 Å². The summed E-state index contributed by atoms with van der Waals surface area (Å²) >= 11 is 0. The molecule has 0 spiro atoms. The zero-order valence-corrected chi connectivity index (χ0v) is 21.9. The molecule has 2 amide bonds. The Labute approximate surface area is 225 Å². The number of carbonyl (C=O) groups excluding carboxylic acids is 2. The van der Waals surface area contributed by atoms with Gasteiger partial charge in [0.05, 0.1) is 12.6 Å². The molecule has 1 heterocycles. The fourth-order valence-electron chi connectivity index (χ4n) is 4.90. The van der Waals surface area contributed by atoms with Crippen molar-refractivity contribution < 1.29 is 19.4 Å². The van der Waals surface area contributed by atoms with Crippen LogP contribution in [0.5, 0.6) is 5.75 Å². The van der Waals surface area contributed by atoms with E-state index >= 15 is 0 Å². The van der Waals surface area contributed by atoms with Gasteiger partial charge in [-0.15, -0.1) is 0 Å². The van der Waals surface area contributed by atoms with Crippen LogP contribution in [0.15, 0.2) is 84.9 Å². The summed E-state index contributed by atoms with van der Waals surface area (Å²) < 4.78 is 5.84. The lowest BCUT2D eigenvalue weighted by Crippen LogP contribution is -2.42. The van der Waals surface area contributed by atoms with Crippen molar-refractivity contribution in [3.05, 3.63) is 102 Å². The minimum Gasteiger partial charge on any atom is -0.489 e. The number of carbonyl (C=O) groups is 2. The molecule has 1 aliphatic heterocycles. The molecule has 2 N–H and O–H groups in total. The summed E-state index contributed by atoms with van der Waals surface area (Å²) in [5.74, 6) is 1.19. The molecule has 1 aliphatic rings. The highest BCUT2D eigenvalue weighted by atomic mass is 16.5. The zero-order chi connectivity index (χ0) is 26.6. The summed E-state index contributed by atoms with van der Waals surface area (Å²) in [4.78, 5) is 27.2. The van der Waals surface area contributed by atoms with Crippen molar-refractivity contribution in [1.82, 2.24) is 10.2 Å². The predicted octanol–water partition coefficient (Wildman–Crippen LogP) is 4.55. The number of nitrogens with zero attached hydrogens (tertiary/aromatic N) is 1. The number of hydrogen-bond donors (Lipinski definition) is 2. The number of piperidine rings is 1. The highest BCUT2D eigenvalue weighted by Gasteiger charge is 2.25. The predicted molar refractivity (Wildman–Crippen MR) is 149 cm³/mol. The molecular weight excluding hydrogens is 476 g/mol. The van der Waals surface area contributed by atoms with E-state index in [-0.39, 0.29) is 30.4 Å². The second-order valence-electron chi connectivity index (χ2n) is 10.1. The van der Waals surface area contributed by atoms with E-state index in [0.717, 1.165) is 36.1 Å². The van der Waals surface area contributed by atoms with Gasteiger partial charge in [0.15, 0.2) is 0 Å². The van der Waals surface area contributed by atoms with Crippen molar-refractivity contribution in [3.63, 3.8) is 0 Å². The van der Waals surface area contributed by atoms with Crippen LogP contribution < -0.4 is 10.1 Å². The minimum absolute atomic E-state index is 0.0410. The molecule has 6 heteroatoms. The third-order valence-electron chi connectivity index (χ3n) is 7.15. The summed E-state index contributed by atoms with van der Waals surface area (Å²) in [6.07, 6.45) is 3.92. The number of ether oxygens (including phenoxy) is 1. The first kappa shape index (κ1) is 27.4. The average Bonchev–Trinajstić information content (AvgIpc) is 2.96. The van der Waals surface area contributed by atoms with Crippen LogP contribution in [-0.4, -0.2) is 47.6 Å². The van der Waals surface area contributed by atoms with Crippen molar-refractivity contribution in [2.45, 2.75) is 51.2 Å². The molecule has 0 saturated carbocycles. The van der Waals surface area contributed by atoms with Crippen LogP contribution in [0, 0.1) is 5.92 Å². The molecule has 38 heavy (non-hydrogen) atoms. The molecule has 3 aromatic carbocycles. The molecule has 0 bridgehead atoms. The molecule has 1 atom stereocenters. The quantitative estimate of drug-likeness (QED) is 0.372. The van der Waals surface area contributed by atoms with E-state index < -0.39 is 0 Å². The van der Waals surface area contributed by atoms with Gasteiger partial charge in [-0.05, 0) is 60.4 Å². The largest absolute Gasteiger partial charge is 0.489 e. The smallest absolute Gasteiger partial charge is 0.222 e. The van der Waals surface area contributed by atoms with E-state index in [4.69, 9.17) is 4.74 Å². The highest BCUT2D eigenvalue weighted by Crippen LogP contribution is 2.22. The molecule has 0 radical (unpaired) electrons. The van der Waals surface area contributed by atoms with Gasteiger partial charge in [0.1, 0.15) is 12.4 Å². The Bertz CT molecular complexity index is 1130. The number of aryl methyl sites for hydroxylation is 1. The molecule has 0 unspecified atom stereocenters. The molecule has 6 nitrogen and oxygen atoms in total. The van der Waals surface area contributed by atoms with E-state index in [1.54, 1.807) is 0 Å². The summed E-state index contributed by atoms with van der Waals surface area (Å²) in [7, 11) is 0. The maximum Gasteiger partial charge on any atom is 0.222 e. The standard InChI is InChI=1S/C32H38N2O4/c35-23-29(21-26-11-14-30(15-12-26)38-24-28-9-5-2-6-10-28)33-31(36)22-27-17-19-34(20-18-27)32(37)16-13-25-7-3-1-4-8-25/h1-12,14-15,27,29,35H,13,16-24H2,(H,33,36)/t29-/m0/s1. The molecule has 0 aromatic heterocycles. The Hall–Kier alpha value is -3.64. The Morgan fingerprint density at radius 3 is 2.13 bits per heavy atom. The topological polar surface area (TPSA) is 78.9 Å². The first-order valence-corrected chi connectivity index (χ1v) is 13.6. The molecular formula is C32H38N2O4. The summed E-state index contributed by atoms with van der Waals surface area (Å²) in [5, 5.41) is 12.8. The van der Waals surface area contributed by atoms with Crippen LogP contribution in [0.25, 0.3) is 0 Å². The maximum atomic E-state index is 12.7. The third-order valence-corrected chi connectivity index (χ3v) is 7.15. The summed E-state index contributed by atoms with van der Waals surface area (Å²) in [6.45, 7) is 1.80. The van der Waals surface area contributed by atoms with Crippen LogP contribution in [0.2, 0.25) is 0 Å².